The first-order valence-corrected chi connectivity index (χ1v) is 11.2. The summed E-state index contributed by atoms with van der Waals surface area (Å²) in [6.45, 7) is 0.283. The molecule has 1 aliphatic heterocycles. The predicted octanol–water partition coefficient (Wildman–Crippen LogP) is 3.75. The molecule has 1 saturated heterocycles. The summed E-state index contributed by atoms with van der Waals surface area (Å²) in [5.74, 6) is -0.0142. The normalized spacial score (nSPS) is 17.9. The number of fused-ring (bicyclic) bond motifs is 1. The number of rotatable bonds is 6. The van der Waals surface area contributed by atoms with Crippen LogP contribution in [0.3, 0.4) is 0 Å². The van der Waals surface area contributed by atoms with E-state index >= 15 is 0 Å². The number of primary amides is 1. The Hall–Kier alpha value is -3.36. The van der Waals surface area contributed by atoms with E-state index in [1.54, 1.807) is 24.3 Å². The van der Waals surface area contributed by atoms with E-state index in [-0.39, 0.29) is 18.4 Å². The third-order valence-electron chi connectivity index (χ3n) is 5.93. The third-order valence-corrected chi connectivity index (χ3v) is 6.17. The fraction of sp³-hybridized carbons (Fsp3) is 0.292. The SMILES string of the molecule is NC(=O)n1cc(NC(=O)N2C[C@@H](N)C[C@H]2C(=O)CCCc2cccc(Cl)c2)c2ccccc21. The molecule has 4 rings (SSSR count). The Morgan fingerprint density at radius 2 is 1.91 bits per heavy atom. The summed E-state index contributed by atoms with van der Waals surface area (Å²) in [5.41, 5.74) is 13.7. The minimum absolute atomic E-state index is 0.0142. The molecule has 0 spiro atoms. The second-order valence-corrected chi connectivity index (χ2v) is 8.75. The van der Waals surface area contributed by atoms with Crippen molar-refractivity contribution in [2.75, 3.05) is 11.9 Å². The molecule has 5 N–H and O–H groups in total. The lowest BCUT2D eigenvalue weighted by atomic mass is 10.0. The average Bonchev–Trinajstić information content (AvgIpc) is 3.35. The first-order chi connectivity index (χ1) is 15.8. The summed E-state index contributed by atoms with van der Waals surface area (Å²) in [4.78, 5) is 39.3. The minimum Gasteiger partial charge on any atom is -0.351 e. The number of hydrogen-bond acceptors (Lipinski definition) is 4. The number of ketones is 1. The number of nitrogens with one attached hydrogen (secondary N) is 1. The molecule has 9 heteroatoms. The summed E-state index contributed by atoms with van der Waals surface area (Å²) in [7, 11) is 0. The molecule has 1 aliphatic rings. The van der Waals surface area contributed by atoms with Gasteiger partial charge in [0.1, 0.15) is 0 Å². The number of carbonyl (C=O) groups excluding carboxylic acids is 3. The van der Waals surface area contributed by atoms with Gasteiger partial charge in [-0.1, -0.05) is 41.9 Å². The van der Waals surface area contributed by atoms with E-state index in [0.717, 1.165) is 12.0 Å². The topological polar surface area (TPSA) is 123 Å². The number of carbonyl (C=O) groups is 3. The number of anilines is 1. The van der Waals surface area contributed by atoms with Crippen LogP contribution in [0.4, 0.5) is 15.3 Å². The van der Waals surface area contributed by atoms with Crippen molar-refractivity contribution in [1.29, 1.82) is 0 Å². The van der Waals surface area contributed by atoms with Crippen molar-refractivity contribution >= 4 is 46.0 Å². The quantitative estimate of drug-likeness (QED) is 0.510. The maximum absolute atomic E-state index is 13.1. The van der Waals surface area contributed by atoms with Crippen molar-refractivity contribution < 1.29 is 14.4 Å². The number of aromatic nitrogens is 1. The Morgan fingerprint density at radius 1 is 1.12 bits per heavy atom. The number of likely N-dealkylation sites (tertiary alicyclic amines) is 1. The lowest BCUT2D eigenvalue weighted by Gasteiger charge is -2.23. The zero-order chi connectivity index (χ0) is 23.5. The molecule has 0 saturated carbocycles. The highest BCUT2D eigenvalue weighted by atomic mass is 35.5. The van der Waals surface area contributed by atoms with Gasteiger partial charge in [0.05, 0.1) is 17.2 Å². The molecule has 0 radical (unpaired) electrons. The molecule has 3 aromatic rings. The summed E-state index contributed by atoms with van der Waals surface area (Å²) in [5, 5.41) is 4.18. The Morgan fingerprint density at radius 3 is 2.67 bits per heavy atom. The average molecular weight is 468 g/mol. The van der Waals surface area contributed by atoms with Crippen molar-refractivity contribution in [2.45, 2.75) is 37.8 Å². The van der Waals surface area contributed by atoms with Gasteiger partial charge in [-0.25, -0.2) is 9.59 Å². The second kappa shape index (κ2) is 9.64. The maximum atomic E-state index is 13.1. The number of para-hydroxylation sites is 1. The first kappa shape index (κ1) is 22.8. The molecule has 2 heterocycles. The Balaban J connectivity index is 1.44. The van der Waals surface area contributed by atoms with Gasteiger partial charge in [-0.3, -0.25) is 9.36 Å². The van der Waals surface area contributed by atoms with E-state index in [4.69, 9.17) is 23.1 Å². The van der Waals surface area contributed by atoms with Crippen molar-refractivity contribution in [2.24, 2.45) is 11.5 Å². The molecular weight excluding hydrogens is 442 g/mol. The van der Waals surface area contributed by atoms with Crippen LogP contribution in [0, 0.1) is 0 Å². The van der Waals surface area contributed by atoms with Crippen LogP contribution in [-0.4, -0.2) is 45.9 Å². The number of nitrogens with two attached hydrogens (primary N) is 2. The molecule has 33 heavy (non-hydrogen) atoms. The van der Waals surface area contributed by atoms with Gasteiger partial charge in [0.25, 0.3) is 0 Å². The van der Waals surface area contributed by atoms with Crippen LogP contribution in [0.1, 0.15) is 24.8 Å². The molecule has 1 fully saturated rings. The van der Waals surface area contributed by atoms with Gasteiger partial charge >= 0.3 is 12.1 Å². The highest BCUT2D eigenvalue weighted by molar-refractivity contribution is 6.30. The second-order valence-electron chi connectivity index (χ2n) is 8.31. The highest BCUT2D eigenvalue weighted by Gasteiger charge is 2.37. The van der Waals surface area contributed by atoms with Crippen LogP contribution in [0.25, 0.3) is 10.9 Å². The van der Waals surface area contributed by atoms with E-state index in [2.05, 4.69) is 5.32 Å². The fourth-order valence-electron chi connectivity index (χ4n) is 4.37. The lowest BCUT2D eigenvalue weighted by molar-refractivity contribution is -0.122. The van der Waals surface area contributed by atoms with Gasteiger partial charge < -0.3 is 21.7 Å². The molecule has 8 nitrogen and oxygen atoms in total. The van der Waals surface area contributed by atoms with E-state index < -0.39 is 18.1 Å². The van der Waals surface area contributed by atoms with E-state index in [0.29, 0.717) is 40.9 Å². The molecule has 0 aliphatic carbocycles. The van der Waals surface area contributed by atoms with Crippen LogP contribution in [0.15, 0.2) is 54.7 Å². The molecule has 3 amide bonds. The van der Waals surface area contributed by atoms with Crippen LogP contribution >= 0.6 is 11.6 Å². The van der Waals surface area contributed by atoms with Crippen molar-refractivity contribution in [3.63, 3.8) is 0 Å². The predicted molar refractivity (Wildman–Crippen MR) is 128 cm³/mol. The lowest BCUT2D eigenvalue weighted by Crippen LogP contribution is -2.43. The number of halogens is 1. The molecule has 172 valence electrons. The van der Waals surface area contributed by atoms with Crippen molar-refractivity contribution in [3.05, 3.63) is 65.3 Å². The van der Waals surface area contributed by atoms with Gasteiger partial charge in [-0.2, -0.15) is 0 Å². The first-order valence-electron chi connectivity index (χ1n) is 10.8. The molecule has 2 aromatic carbocycles. The summed E-state index contributed by atoms with van der Waals surface area (Å²) in [6.07, 6.45) is 3.64. The molecule has 0 unspecified atom stereocenters. The molecule has 2 atom stereocenters. The zero-order valence-electron chi connectivity index (χ0n) is 18.0. The van der Waals surface area contributed by atoms with Gasteiger partial charge in [-0.15, -0.1) is 0 Å². The third kappa shape index (κ3) is 5.02. The van der Waals surface area contributed by atoms with Crippen LogP contribution < -0.4 is 16.8 Å². The molecule has 1 aromatic heterocycles. The summed E-state index contributed by atoms with van der Waals surface area (Å²) in [6, 6.07) is 12.8. The largest absolute Gasteiger partial charge is 0.351 e. The number of benzene rings is 2. The van der Waals surface area contributed by atoms with Crippen LogP contribution in [0.2, 0.25) is 5.02 Å². The number of aryl methyl sites for hydroxylation is 1. The summed E-state index contributed by atoms with van der Waals surface area (Å²) < 4.78 is 1.28. The number of Topliss-reactive ketones (excluding diaryl/α,β-unsaturated/α-hetero) is 1. The van der Waals surface area contributed by atoms with Crippen molar-refractivity contribution in [1.82, 2.24) is 9.47 Å². The Bertz CT molecular complexity index is 1210. The monoisotopic (exact) mass is 467 g/mol. The van der Waals surface area contributed by atoms with Crippen molar-refractivity contribution in [3.8, 4) is 0 Å². The fourth-order valence-corrected chi connectivity index (χ4v) is 4.59. The molecular formula is C24H26ClN5O3. The highest BCUT2D eigenvalue weighted by Crippen LogP contribution is 2.27. The van der Waals surface area contributed by atoms with E-state index in [1.807, 2.05) is 24.3 Å². The van der Waals surface area contributed by atoms with Gasteiger partial charge in [0, 0.05) is 35.6 Å². The number of nitrogens with zero attached hydrogens (tertiary/aromatic N) is 2. The van der Waals surface area contributed by atoms with Gasteiger partial charge in [0.15, 0.2) is 5.78 Å². The summed E-state index contributed by atoms with van der Waals surface area (Å²) >= 11 is 6.02. The Kier molecular flexibility index (Phi) is 6.67. The molecule has 0 bridgehead atoms. The number of urea groups is 1. The maximum Gasteiger partial charge on any atom is 0.323 e. The van der Waals surface area contributed by atoms with E-state index in [9.17, 15) is 14.4 Å². The Labute approximate surface area is 196 Å². The van der Waals surface area contributed by atoms with Gasteiger partial charge in [0.2, 0.25) is 0 Å². The smallest absolute Gasteiger partial charge is 0.323 e. The standard InChI is InChI=1S/C24H26ClN5O3/c25-16-7-3-5-15(11-16)6-4-10-22(31)21-12-17(26)13-30(21)24(33)28-19-14-29(23(27)32)20-9-2-1-8-18(19)20/h1-3,5,7-9,11,14,17,21H,4,6,10,12-13,26H2,(H2,27,32)(H,28,33)/t17-,21-/m0/s1. The van der Waals surface area contributed by atoms with E-state index in [1.165, 1.54) is 15.7 Å². The van der Waals surface area contributed by atoms with Crippen LogP contribution in [-0.2, 0) is 11.2 Å². The minimum atomic E-state index is -0.650. The van der Waals surface area contributed by atoms with Crippen LogP contribution in [0.5, 0.6) is 0 Å². The number of amides is 3. The zero-order valence-corrected chi connectivity index (χ0v) is 18.8. The van der Waals surface area contributed by atoms with Gasteiger partial charge in [-0.05, 0) is 43.0 Å². The number of hydrogen-bond donors (Lipinski definition) is 3.